The number of nitrogens with zero attached hydrogens (tertiary/aromatic N) is 1. The molecule has 0 saturated heterocycles. The van der Waals surface area contributed by atoms with Crippen LogP contribution in [0.5, 0.6) is 0 Å². The molecule has 0 aliphatic heterocycles. The molecule has 12 aromatic rings. The maximum absolute atomic E-state index is 6.71. The number of benzene rings is 11. The summed E-state index contributed by atoms with van der Waals surface area (Å²) in [5, 5.41) is 14.6. The molecule has 0 fully saturated rings. The SMILES string of the molecule is c1ccc2c(c1)cc(-c1ccc(N(c3ccc(-c4cc5ccccc5c5ccccc45)cc3)c3cccc4oc5c6ccccc6ccc5c34)cc1)c1ccccc12. The van der Waals surface area contributed by atoms with E-state index in [1.54, 1.807) is 0 Å². The van der Waals surface area contributed by atoms with Crippen LogP contribution in [0.25, 0.3) is 98.1 Å². The molecule has 1 aromatic heterocycles. The lowest BCUT2D eigenvalue weighted by atomic mass is 9.93. The third-order valence-electron chi connectivity index (χ3n) is 12.0. The van der Waals surface area contributed by atoms with E-state index in [2.05, 4.69) is 217 Å². The summed E-state index contributed by atoms with van der Waals surface area (Å²) >= 11 is 0. The van der Waals surface area contributed by atoms with Gasteiger partial charge in [0.1, 0.15) is 11.2 Å². The number of hydrogen-bond acceptors (Lipinski definition) is 2. The Morgan fingerprint density at radius 2 is 0.776 bits per heavy atom. The highest BCUT2D eigenvalue weighted by Crippen LogP contribution is 2.46. The second kappa shape index (κ2) is 12.9. The van der Waals surface area contributed by atoms with Gasteiger partial charge in [-0.1, -0.05) is 158 Å². The van der Waals surface area contributed by atoms with E-state index in [1.807, 2.05) is 0 Å². The zero-order chi connectivity index (χ0) is 38.2. The lowest BCUT2D eigenvalue weighted by molar-refractivity contribution is 0.672. The fraction of sp³-hybridized carbons (Fsp3) is 0. The molecule has 0 aliphatic rings. The summed E-state index contributed by atoms with van der Waals surface area (Å²) in [6, 6.07) is 77.0. The summed E-state index contributed by atoms with van der Waals surface area (Å²) < 4.78 is 6.71. The summed E-state index contributed by atoms with van der Waals surface area (Å²) in [7, 11) is 0. The molecule has 2 nitrogen and oxygen atoms in total. The summed E-state index contributed by atoms with van der Waals surface area (Å²) in [5.41, 5.74) is 9.82. The van der Waals surface area contributed by atoms with Crippen molar-refractivity contribution in [3.8, 4) is 22.3 Å². The number of hydrogen-bond donors (Lipinski definition) is 0. The van der Waals surface area contributed by atoms with Crippen LogP contribution < -0.4 is 4.90 Å². The van der Waals surface area contributed by atoms with Crippen LogP contribution >= 0.6 is 0 Å². The van der Waals surface area contributed by atoms with Gasteiger partial charge in [-0.25, -0.2) is 0 Å². The zero-order valence-electron chi connectivity index (χ0n) is 31.6. The van der Waals surface area contributed by atoms with Crippen molar-refractivity contribution in [2.45, 2.75) is 0 Å². The molecular weight excluding hydrogens is 703 g/mol. The first kappa shape index (κ1) is 32.6. The zero-order valence-corrected chi connectivity index (χ0v) is 31.6. The smallest absolute Gasteiger partial charge is 0.143 e. The highest BCUT2D eigenvalue weighted by molar-refractivity contribution is 6.20. The minimum absolute atomic E-state index is 0.868. The molecule has 0 unspecified atom stereocenters. The molecule has 0 spiro atoms. The van der Waals surface area contributed by atoms with E-state index in [-0.39, 0.29) is 0 Å². The first-order valence-corrected chi connectivity index (χ1v) is 19.9. The summed E-state index contributed by atoms with van der Waals surface area (Å²) in [6.45, 7) is 0. The second-order valence-corrected chi connectivity index (χ2v) is 15.2. The van der Waals surface area contributed by atoms with Crippen LogP contribution in [0.3, 0.4) is 0 Å². The van der Waals surface area contributed by atoms with Crippen molar-refractivity contribution in [3.05, 3.63) is 212 Å². The Morgan fingerprint density at radius 3 is 1.33 bits per heavy atom. The third-order valence-corrected chi connectivity index (χ3v) is 12.0. The highest BCUT2D eigenvalue weighted by Gasteiger charge is 2.21. The molecule has 0 aliphatic carbocycles. The summed E-state index contributed by atoms with van der Waals surface area (Å²) in [5.74, 6) is 0. The summed E-state index contributed by atoms with van der Waals surface area (Å²) in [6.07, 6.45) is 0. The van der Waals surface area contributed by atoms with Gasteiger partial charge in [-0.05, 0) is 125 Å². The Balaban J connectivity index is 1.05. The van der Waals surface area contributed by atoms with Crippen molar-refractivity contribution in [2.24, 2.45) is 0 Å². The van der Waals surface area contributed by atoms with E-state index < -0.39 is 0 Å². The van der Waals surface area contributed by atoms with Crippen LogP contribution in [0.2, 0.25) is 0 Å². The third kappa shape index (κ3) is 5.05. The number of rotatable bonds is 5. The molecule has 0 radical (unpaired) electrons. The van der Waals surface area contributed by atoms with Gasteiger partial charge in [0.2, 0.25) is 0 Å². The molecule has 0 amide bonds. The van der Waals surface area contributed by atoms with Crippen molar-refractivity contribution in [1.82, 2.24) is 0 Å². The fourth-order valence-corrected chi connectivity index (χ4v) is 9.31. The van der Waals surface area contributed by atoms with Gasteiger partial charge in [0.15, 0.2) is 0 Å². The van der Waals surface area contributed by atoms with Gasteiger partial charge in [0.25, 0.3) is 0 Å². The van der Waals surface area contributed by atoms with Crippen LogP contribution in [0.15, 0.2) is 217 Å². The Kier molecular flexibility index (Phi) is 7.26. The molecule has 12 rings (SSSR count). The van der Waals surface area contributed by atoms with E-state index in [9.17, 15) is 0 Å². The van der Waals surface area contributed by atoms with Crippen molar-refractivity contribution >= 4 is 92.9 Å². The van der Waals surface area contributed by atoms with Gasteiger partial charge in [-0.2, -0.15) is 0 Å². The number of furan rings is 1. The molecule has 2 heteroatoms. The minimum Gasteiger partial charge on any atom is -0.455 e. The van der Waals surface area contributed by atoms with E-state index >= 15 is 0 Å². The number of anilines is 3. The number of fused-ring (bicyclic) bond motifs is 11. The first-order chi connectivity index (χ1) is 28.8. The summed E-state index contributed by atoms with van der Waals surface area (Å²) in [4.78, 5) is 2.39. The van der Waals surface area contributed by atoms with Gasteiger partial charge >= 0.3 is 0 Å². The van der Waals surface area contributed by atoms with Gasteiger partial charge in [0.05, 0.1) is 11.1 Å². The highest BCUT2D eigenvalue weighted by atomic mass is 16.3. The average molecular weight is 738 g/mol. The van der Waals surface area contributed by atoms with E-state index in [0.29, 0.717) is 0 Å². The predicted octanol–water partition coefficient (Wildman–Crippen LogP) is 16.2. The van der Waals surface area contributed by atoms with Crippen molar-refractivity contribution in [3.63, 3.8) is 0 Å². The van der Waals surface area contributed by atoms with Crippen molar-refractivity contribution < 1.29 is 4.42 Å². The van der Waals surface area contributed by atoms with Gasteiger partial charge in [-0.15, -0.1) is 0 Å². The molecule has 1 heterocycles. The lowest BCUT2D eigenvalue weighted by Gasteiger charge is -2.27. The average Bonchev–Trinajstić information content (AvgIpc) is 3.69. The Labute approximate surface area is 335 Å². The minimum atomic E-state index is 0.868. The topological polar surface area (TPSA) is 16.4 Å². The molecule has 11 aromatic carbocycles. The molecule has 270 valence electrons. The quantitative estimate of drug-likeness (QED) is 0.164. The Bertz CT molecular complexity index is 3400. The van der Waals surface area contributed by atoms with Gasteiger partial charge in [-0.3, -0.25) is 0 Å². The monoisotopic (exact) mass is 737 g/mol. The maximum Gasteiger partial charge on any atom is 0.143 e. The molecule has 0 N–H and O–H groups in total. The van der Waals surface area contributed by atoms with Gasteiger partial charge < -0.3 is 9.32 Å². The van der Waals surface area contributed by atoms with Crippen LogP contribution in [0.1, 0.15) is 0 Å². The van der Waals surface area contributed by atoms with Crippen LogP contribution in [0.4, 0.5) is 17.1 Å². The van der Waals surface area contributed by atoms with Gasteiger partial charge in [0, 0.05) is 22.1 Å². The predicted molar refractivity (Wildman–Crippen MR) is 247 cm³/mol. The second-order valence-electron chi connectivity index (χ2n) is 15.2. The normalized spacial score (nSPS) is 11.8. The van der Waals surface area contributed by atoms with Crippen molar-refractivity contribution in [2.75, 3.05) is 4.90 Å². The lowest BCUT2D eigenvalue weighted by Crippen LogP contribution is -2.10. The van der Waals surface area contributed by atoms with Crippen LogP contribution in [0, 0.1) is 0 Å². The van der Waals surface area contributed by atoms with Crippen LogP contribution in [-0.4, -0.2) is 0 Å². The molecule has 0 saturated carbocycles. The Hall–Kier alpha value is -7.68. The molecule has 0 bridgehead atoms. The standard InChI is InChI=1S/C56H35NO/c1-6-17-45-36(12-1)28-33-50-55-53(22-11-23-54(55)58-56(45)50)57(41-29-24-37(25-30-41)51-34-39-13-2-4-15-43(39)46-18-7-9-20-48(46)51)42-31-26-38(27-32-42)52-35-40-14-3-5-16-44(40)47-19-8-10-21-49(47)52/h1-35H. The molecule has 58 heavy (non-hydrogen) atoms. The first-order valence-electron chi connectivity index (χ1n) is 19.9. The maximum atomic E-state index is 6.71. The van der Waals surface area contributed by atoms with E-state index in [0.717, 1.165) is 44.4 Å². The fourth-order valence-electron chi connectivity index (χ4n) is 9.31. The van der Waals surface area contributed by atoms with E-state index in [4.69, 9.17) is 4.42 Å². The largest absolute Gasteiger partial charge is 0.455 e. The van der Waals surface area contributed by atoms with Crippen molar-refractivity contribution in [1.29, 1.82) is 0 Å². The molecular formula is C56H35NO. The van der Waals surface area contributed by atoms with Crippen LogP contribution in [-0.2, 0) is 0 Å². The molecule has 0 atom stereocenters. The Morgan fingerprint density at radius 1 is 0.310 bits per heavy atom. The van der Waals surface area contributed by atoms with E-state index in [1.165, 1.54) is 70.7 Å².